The molecule has 0 bridgehead atoms. The lowest BCUT2D eigenvalue weighted by Gasteiger charge is -2.16. The van der Waals surface area contributed by atoms with Crippen LogP contribution in [0.5, 0.6) is 0 Å². The molecule has 0 aliphatic carbocycles. The van der Waals surface area contributed by atoms with E-state index in [4.69, 9.17) is 5.14 Å². The number of benzene rings is 1. The third-order valence-corrected chi connectivity index (χ3v) is 3.86. The predicted octanol–water partition coefficient (Wildman–Crippen LogP) is 1.42. The van der Waals surface area contributed by atoms with Crippen molar-refractivity contribution in [3.8, 4) is 0 Å². The van der Waals surface area contributed by atoms with E-state index < -0.39 is 10.0 Å². The van der Waals surface area contributed by atoms with Gasteiger partial charge in [-0.05, 0) is 31.0 Å². The maximum Gasteiger partial charge on any atom is 0.238 e. The number of nitrogens with zero attached hydrogens (tertiary/aromatic N) is 1. The van der Waals surface area contributed by atoms with Crippen LogP contribution < -0.4 is 15.8 Å². The van der Waals surface area contributed by atoms with Gasteiger partial charge in [0.05, 0.1) is 4.90 Å². The summed E-state index contributed by atoms with van der Waals surface area (Å²) in [5, 5.41) is 11.5. The number of nitrogens with two attached hydrogens (primary N) is 1. The number of sulfonamides is 1. The Kier molecular flexibility index (Phi) is 8.83. The van der Waals surface area contributed by atoms with E-state index in [-0.39, 0.29) is 28.9 Å². The van der Waals surface area contributed by atoms with E-state index in [1.807, 2.05) is 0 Å². The molecule has 0 fully saturated rings. The molecule has 0 aromatic heterocycles. The quantitative estimate of drug-likeness (QED) is 0.377. The standard InChI is InChI=1S/C13H22N4O2S.HI/c1-4-10(2)17-13(15-3)16-9-11-5-7-12(8-6-11)20(14,18)19;/h5-8,10H,4,9H2,1-3H3,(H2,14,18,19)(H2,15,16,17);1H. The fraction of sp³-hybridized carbons (Fsp3) is 0.462. The predicted molar refractivity (Wildman–Crippen MR) is 96.3 cm³/mol. The second-order valence-corrected chi connectivity index (χ2v) is 6.13. The fourth-order valence-corrected chi connectivity index (χ4v) is 2.03. The average Bonchev–Trinajstić information content (AvgIpc) is 2.42. The van der Waals surface area contributed by atoms with Gasteiger partial charge in [0, 0.05) is 19.6 Å². The Morgan fingerprint density at radius 2 is 1.90 bits per heavy atom. The van der Waals surface area contributed by atoms with Crippen LogP contribution in [0, 0.1) is 0 Å². The van der Waals surface area contributed by atoms with Crippen LogP contribution in [-0.4, -0.2) is 27.5 Å². The van der Waals surface area contributed by atoms with E-state index in [0.717, 1.165) is 17.9 Å². The van der Waals surface area contributed by atoms with E-state index in [1.165, 1.54) is 12.1 Å². The molecule has 0 saturated carbocycles. The first kappa shape index (κ1) is 20.1. The highest BCUT2D eigenvalue weighted by Gasteiger charge is 2.07. The Labute approximate surface area is 143 Å². The molecule has 0 amide bonds. The van der Waals surface area contributed by atoms with Gasteiger partial charge in [-0.25, -0.2) is 13.6 Å². The first-order valence-corrected chi connectivity index (χ1v) is 8.00. The van der Waals surface area contributed by atoms with Crippen LogP contribution in [0.15, 0.2) is 34.2 Å². The van der Waals surface area contributed by atoms with Crippen LogP contribution in [0.25, 0.3) is 0 Å². The van der Waals surface area contributed by atoms with Crippen LogP contribution in [-0.2, 0) is 16.6 Å². The summed E-state index contributed by atoms with van der Waals surface area (Å²) in [6.45, 7) is 4.73. The lowest BCUT2D eigenvalue weighted by molar-refractivity contribution is 0.597. The van der Waals surface area contributed by atoms with Gasteiger partial charge in [-0.3, -0.25) is 4.99 Å². The third-order valence-electron chi connectivity index (χ3n) is 2.93. The summed E-state index contributed by atoms with van der Waals surface area (Å²) in [5.74, 6) is 0.717. The van der Waals surface area contributed by atoms with E-state index in [0.29, 0.717) is 12.6 Å². The number of rotatable bonds is 5. The molecule has 0 saturated heterocycles. The molecule has 0 aliphatic heterocycles. The number of nitrogens with one attached hydrogen (secondary N) is 2. The molecule has 4 N–H and O–H groups in total. The minimum atomic E-state index is -3.63. The van der Waals surface area contributed by atoms with Crippen molar-refractivity contribution in [1.82, 2.24) is 10.6 Å². The van der Waals surface area contributed by atoms with E-state index in [9.17, 15) is 8.42 Å². The topological polar surface area (TPSA) is 96.6 Å². The van der Waals surface area contributed by atoms with Crippen LogP contribution in [0.4, 0.5) is 0 Å². The van der Waals surface area contributed by atoms with Gasteiger partial charge in [0.1, 0.15) is 0 Å². The van der Waals surface area contributed by atoms with Crippen LogP contribution >= 0.6 is 24.0 Å². The summed E-state index contributed by atoms with van der Waals surface area (Å²) in [6, 6.07) is 6.78. The van der Waals surface area contributed by atoms with Crippen LogP contribution in [0.2, 0.25) is 0 Å². The minimum Gasteiger partial charge on any atom is -0.354 e. The van der Waals surface area contributed by atoms with E-state index in [2.05, 4.69) is 29.5 Å². The van der Waals surface area contributed by atoms with Gasteiger partial charge in [-0.15, -0.1) is 24.0 Å². The van der Waals surface area contributed by atoms with Crippen molar-refractivity contribution in [2.24, 2.45) is 10.1 Å². The highest BCUT2D eigenvalue weighted by atomic mass is 127. The molecule has 1 aromatic carbocycles. The highest BCUT2D eigenvalue weighted by molar-refractivity contribution is 14.0. The number of hydrogen-bond acceptors (Lipinski definition) is 3. The average molecular weight is 426 g/mol. The molecular formula is C13H23IN4O2S. The molecule has 0 radical (unpaired) electrons. The Morgan fingerprint density at radius 1 is 1.33 bits per heavy atom. The van der Waals surface area contributed by atoms with Crippen molar-refractivity contribution in [1.29, 1.82) is 0 Å². The van der Waals surface area contributed by atoms with Crippen LogP contribution in [0.3, 0.4) is 0 Å². The zero-order chi connectivity index (χ0) is 15.2. The van der Waals surface area contributed by atoms with Gasteiger partial charge in [-0.1, -0.05) is 19.1 Å². The highest BCUT2D eigenvalue weighted by Crippen LogP contribution is 2.08. The van der Waals surface area contributed by atoms with Crippen molar-refractivity contribution in [3.05, 3.63) is 29.8 Å². The van der Waals surface area contributed by atoms with Gasteiger partial charge in [0.15, 0.2) is 5.96 Å². The van der Waals surface area contributed by atoms with Gasteiger partial charge in [0.2, 0.25) is 10.0 Å². The lowest BCUT2D eigenvalue weighted by atomic mass is 10.2. The third kappa shape index (κ3) is 7.09. The number of primary sulfonamides is 1. The summed E-state index contributed by atoms with van der Waals surface area (Å²) in [5.41, 5.74) is 0.949. The molecule has 0 spiro atoms. The molecule has 1 aromatic rings. The number of guanidine groups is 1. The molecule has 0 aliphatic rings. The first-order chi connectivity index (χ1) is 9.36. The van der Waals surface area contributed by atoms with Gasteiger partial charge in [-0.2, -0.15) is 0 Å². The van der Waals surface area contributed by atoms with Crippen molar-refractivity contribution in [2.45, 2.75) is 37.8 Å². The molecular weight excluding hydrogens is 403 g/mol. The molecule has 8 heteroatoms. The van der Waals surface area contributed by atoms with Gasteiger partial charge >= 0.3 is 0 Å². The summed E-state index contributed by atoms with van der Waals surface area (Å²) < 4.78 is 22.3. The Hall–Kier alpha value is -0.870. The zero-order valence-electron chi connectivity index (χ0n) is 12.5. The zero-order valence-corrected chi connectivity index (χ0v) is 15.6. The monoisotopic (exact) mass is 426 g/mol. The smallest absolute Gasteiger partial charge is 0.238 e. The van der Waals surface area contributed by atoms with Crippen LogP contribution in [0.1, 0.15) is 25.8 Å². The summed E-state index contributed by atoms with van der Waals surface area (Å²) in [4.78, 5) is 4.24. The largest absolute Gasteiger partial charge is 0.354 e. The number of hydrogen-bond donors (Lipinski definition) is 3. The minimum absolute atomic E-state index is 0. The maximum absolute atomic E-state index is 11.1. The molecule has 21 heavy (non-hydrogen) atoms. The van der Waals surface area contributed by atoms with Gasteiger partial charge < -0.3 is 10.6 Å². The Balaban J connectivity index is 0.00000400. The maximum atomic E-state index is 11.1. The van der Waals surface area contributed by atoms with Crippen molar-refractivity contribution in [3.63, 3.8) is 0 Å². The number of aliphatic imine (C=N–C) groups is 1. The van der Waals surface area contributed by atoms with Gasteiger partial charge in [0.25, 0.3) is 0 Å². The van der Waals surface area contributed by atoms with E-state index >= 15 is 0 Å². The molecule has 1 rings (SSSR count). The second-order valence-electron chi connectivity index (χ2n) is 4.57. The number of halogens is 1. The van der Waals surface area contributed by atoms with Crippen molar-refractivity contribution >= 4 is 40.0 Å². The summed E-state index contributed by atoms with van der Waals surface area (Å²) >= 11 is 0. The molecule has 120 valence electrons. The van der Waals surface area contributed by atoms with Crippen molar-refractivity contribution < 1.29 is 8.42 Å². The molecule has 0 heterocycles. The normalized spacial score (nSPS) is 13.2. The SMILES string of the molecule is CCC(C)NC(=NC)NCc1ccc(S(N)(=O)=O)cc1.I. The summed E-state index contributed by atoms with van der Waals surface area (Å²) in [6.07, 6.45) is 1.00. The lowest BCUT2D eigenvalue weighted by Crippen LogP contribution is -2.41. The second kappa shape index (κ2) is 9.21. The fourth-order valence-electron chi connectivity index (χ4n) is 1.51. The van der Waals surface area contributed by atoms with E-state index in [1.54, 1.807) is 19.2 Å². The molecule has 6 nitrogen and oxygen atoms in total. The Bertz CT molecular complexity index is 558. The molecule has 1 unspecified atom stereocenters. The van der Waals surface area contributed by atoms with Crippen molar-refractivity contribution in [2.75, 3.05) is 7.05 Å². The first-order valence-electron chi connectivity index (χ1n) is 6.45. The Morgan fingerprint density at radius 3 is 2.33 bits per heavy atom. The molecule has 1 atom stereocenters. The summed E-state index contributed by atoms with van der Waals surface area (Å²) in [7, 11) is -1.92.